The number of aliphatic carboxylic acids is 1. The van der Waals surface area contributed by atoms with Crippen LogP contribution in [0.15, 0.2) is 0 Å². The van der Waals surface area contributed by atoms with E-state index in [1.807, 2.05) is 6.92 Å². The van der Waals surface area contributed by atoms with E-state index < -0.39 is 12.0 Å². The summed E-state index contributed by atoms with van der Waals surface area (Å²) in [6.07, 6.45) is 3.91. The number of piperidine rings is 1. The van der Waals surface area contributed by atoms with E-state index in [9.17, 15) is 14.7 Å². The quantitative estimate of drug-likeness (QED) is 0.807. The van der Waals surface area contributed by atoms with Gasteiger partial charge < -0.3 is 14.7 Å². The number of carbonyl (C=O) groups excluding carboxylic acids is 1. The highest BCUT2D eigenvalue weighted by atomic mass is 16.5. The minimum absolute atomic E-state index is 0.0113. The molecule has 2 fully saturated rings. The number of carbonyl (C=O) groups is 2. The molecule has 0 aromatic carbocycles. The summed E-state index contributed by atoms with van der Waals surface area (Å²) >= 11 is 0. The second kappa shape index (κ2) is 5.69. The molecule has 2 saturated heterocycles. The Bertz CT molecular complexity index is 331. The zero-order chi connectivity index (χ0) is 13.1. The molecule has 2 rings (SSSR count). The van der Waals surface area contributed by atoms with Crippen molar-refractivity contribution < 1.29 is 19.4 Å². The highest BCUT2D eigenvalue weighted by Gasteiger charge is 2.36. The van der Waals surface area contributed by atoms with Crippen LogP contribution in [0.2, 0.25) is 0 Å². The molecule has 102 valence electrons. The lowest BCUT2D eigenvalue weighted by Crippen LogP contribution is -2.51. The summed E-state index contributed by atoms with van der Waals surface area (Å²) in [5, 5.41) is 9.19. The summed E-state index contributed by atoms with van der Waals surface area (Å²) in [5.74, 6) is -0.922. The smallest absolute Gasteiger partial charge is 0.326 e. The van der Waals surface area contributed by atoms with E-state index in [0.29, 0.717) is 32.4 Å². The molecular formula is C13H21NO4. The molecule has 5 heteroatoms. The van der Waals surface area contributed by atoms with Crippen molar-refractivity contribution in [1.29, 1.82) is 0 Å². The first kappa shape index (κ1) is 13.3. The molecule has 1 N–H and O–H groups in total. The van der Waals surface area contributed by atoms with Crippen molar-refractivity contribution in [3.63, 3.8) is 0 Å². The minimum atomic E-state index is -0.872. The van der Waals surface area contributed by atoms with Gasteiger partial charge in [-0.1, -0.05) is 0 Å². The van der Waals surface area contributed by atoms with Crippen LogP contribution in [0.25, 0.3) is 0 Å². The van der Waals surface area contributed by atoms with Crippen LogP contribution in [-0.2, 0) is 14.3 Å². The summed E-state index contributed by atoms with van der Waals surface area (Å²) in [5.41, 5.74) is 0. The van der Waals surface area contributed by atoms with E-state index >= 15 is 0 Å². The maximum absolute atomic E-state index is 12.4. The number of hydrogen-bond acceptors (Lipinski definition) is 3. The molecule has 18 heavy (non-hydrogen) atoms. The number of amides is 1. The molecule has 2 aliphatic heterocycles. The van der Waals surface area contributed by atoms with Gasteiger partial charge in [0.15, 0.2) is 0 Å². The normalized spacial score (nSPS) is 33.2. The maximum atomic E-state index is 12.4. The zero-order valence-electron chi connectivity index (χ0n) is 10.8. The second-order valence-corrected chi connectivity index (χ2v) is 5.28. The van der Waals surface area contributed by atoms with Crippen LogP contribution in [0, 0.1) is 5.92 Å². The maximum Gasteiger partial charge on any atom is 0.326 e. The Morgan fingerprint density at radius 1 is 1.28 bits per heavy atom. The van der Waals surface area contributed by atoms with Gasteiger partial charge in [-0.3, -0.25) is 4.79 Å². The van der Waals surface area contributed by atoms with Crippen molar-refractivity contribution in [3.8, 4) is 0 Å². The Morgan fingerprint density at radius 3 is 2.72 bits per heavy atom. The summed E-state index contributed by atoms with van der Waals surface area (Å²) in [6, 6.07) is -0.621. The lowest BCUT2D eigenvalue weighted by atomic mass is 9.92. The summed E-state index contributed by atoms with van der Waals surface area (Å²) in [6.45, 7) is 3.15. The molecule has 2 aliphatic rings. The van der Waals surface area contributed by atoms with Crippen molar-refractivity contribution in [1.82, 2.24) is 4.90 Å². The predicted octanol–water partition coefficient (Wildman–Crippen LogP) is 1.27. The molecule has 2 heterocycles. The average molecular weight is 255 g/mol. The van der Waals surface area contributed by atoms with Gasteiger partial charge in [0.1, 0.15) is 6.04 Å². The van der Waals surface area contributed by atoms with Gasteiger partial charge in [-0.15, -0.1) is 0 Å². The summed E-state index contributed by atoms with van der Waals surface area (Å²) < 4.78 is 5.43. The van der Waals surface area contributed by atoms with Crippen LogP contribution >= 0.6 is 0 Å². The summed E-state index contributed by atoms with van der Waals surface area (Å²) in [7, 11) is 0. The van der Waals surface area contributed by atoms with Gasteiger partial charge in [-0.25, -0.2) is 4.79 Å². The molecule has 0 aromatic rings. The van der Waals surface area contributed by atoms with Gasteiger partial charge in [-0.2, -0.15) is 0 Å². The predicted molar refractivity (Wildman–Crippen MR) is 65.1 cm³/mol. The number of ether oxygens (including phenoxy) is 1. The van der Waals surface area contributed by atoms with Crippen LogP contribution in [-0.4, -0.2) is 47.2 Å². The largest absolute Gasteiger partial charge is 0.480 e. The molecule has 0 saturated carbocycles. The standard InChI is InChI=1S/C13H21NO4/c1-9-8-10(5-7-18-9)12(15)14-6-3-2-4-11(14)13(16)17/h9-11H,2-8H2,1H3,(H,16,17). The number of carboxylic acid groups (broad SMARTS) is 1. The fraction of sp³-hybridized carbons (Fsp3) is 0.846. The first-order chi connectivity index (χ1) is 8.59. The fourth-order valence-corrected chi connectivity index (χ4v) is 2.91. The average Bonchev–Trinajstić information content (AvgIpc) is 2.38. The SMILES string of the molecule is CC1CC(C(=O)N2CCCCC2C(=O)O)CCO1. The Balaban J connectivity index is 2.03. The van der Waals surface area contributed by atoms with Crippen LogP contribution < -0.4 is 0 Å². The highest BCUT2D eigenvalue weighted by molar-refractivity contribution is 5.85. The molecule has 0 radical (unpaired) electrons. The molecule has 5 nitrogen and oxygen atoms in total. The third kappa shape index (κ3) is 2.83. The number of nitrogens with zero attached hydrogens (tertiary/aromatic N) is 1. The third-order valence-corrected chi connectivity index (χ3v) is 3.91. The first-order valence-corrected chi connectivity index (χ1v) is 6.74. The van der Waals surface area contributed by atoms with E-state index in [-0.39, 0.29) is 17.9 Å². The Kier molecular flexibility index (Phi) is 4.22. The van der Waals surface area contributed by atoms with Crippen LogP contribution in [0.3, 0.4) is 0 Å². The molecular weight excluding hydrogens is 234 g/mol. The van der Waals surface area contributed by atoms with Crippen molar-refractivity contribution in [2.75, 3.05) is 13.2 Å². The van der Waals surface area contributed by atoms with E-state index in [1.165, 1.54) is 0 Å². The number of likely N-dealkylation sites (tertiary alicyclic amines) is 1. The lowest BCUT2D eigenvalue weighted by Gasteiger charge is -2.37. The Hall–Kier alpha value is -1.10. The van der Waals surface area contributed by atoms with Crippen molar-refractivity contribution in [2.45, 2.75) is 51.2 Å². The molecule has 0 spiro atoms. The van der Waals surface area contributed by atoms with Gasteiger partial charge in [0, 0.05) is 19.1 Å². The van der Waals surface area contributed by atoms with Crippen molar-refractivity contribution in [2.24, 2.45) is 5.92 Å². The lowest BCUT2D eigenvalue weighted by molar-refractivity contribution is -0.156. The highest BCUT2D eigenvalue weighted by Crippen LogP contribution is 2.26. The van der Waals surface area contributed by atoms with E-state index in [4.69, 9.17) is 4.74 Å². The topological polar surface area (TPSA) is 66.8 Å². The molecule has 1 amide bonds. The fourth-order valence-electron chi connectivity index (χ4n) is 2.91. The Labute approximate surface area is 107 Å². The number of hydrogen-bond donors (Lipinski definition) is 1. The second-order valence-electron chi connectivity index (χ2n) is 5.28. The van der Waals surface area contributed by atoms with Crippen LogP contribution in [0.1, 0.15) is 39.0 Å². The molecule has 3 atom stereocenters. The van der Waals surface area contributed by atoms with Gasteiger partial charge >= 0.3 is 5.97 Å². The van der Waals surface area contributed by atoms with Gasteiger partial charge in [-0.05, 0) is 39.0 Å². The first-order valence-electron chi connectivity index (χ1n) is 6.74. The van der Waals surface area contributed by atoms with Crippen LogP contribution in [0.4, 0.5) is 0 Å². The summed E-state index contributed by atoms with van der Waals surface area (Å²) in [4.78, 5) is 25.2. The minimum Gasteiger partial charge on any atom is -0.480 e. The van der Waals surface area contributed by atoms with Gasteiger partial charge in [0.25, 0.3) is 0 Å². The van der Waals surface area contributed by atoms with E-state index in [2.05, 4.69) is 0 Å². The third-order valence-electron chi connectivity index (χ3n) is 3.91. The molecule has 3 unspecified atom stereocenters. The molecule has 0 bridgehead atoms. The molecule has 0 aliphatic carbocycles. The number of rotatable bonds is 2. The van der Waals surface area contributed by atoms with Crippen molar-refractivity contribution in [3.05, 3.63) is 0 Å². The van der Waals surface area contributed by atoms with E-state index in [1.54, 1.807) is 4.90 Å². The monoisotopic (exact) mass is 255 g/mol. The van der Waals surface area contributed by atoms with Gasteiger partial charge in [0.2, 0.25) is 5.91 Å². The van der Waals surface area contributed by atoms with Gasteiger partial charge in [0.05, 0.1) is 6.10 Å². The zero-order valence-corrected chi connectivity index (χ0v) is 10.8. The van der Waals surface area contributed by atoms with Crippen LogP contribution in [0.5, 0.6) is 0 Å². The number of carboxylic acids is 1. The molecule has 0 aromatic heterocycles. The Morgan fingerprint density at radius 2 is 2.06 bits per heavy atom. The van der Waals surface area contributed by atoms with Crippen molar-refractivity contribution >= 4 is 11.9 Å². The van der Waals surface area contributed by atoms with E-state index in [0.717, 1.165) is 12.8 Å².